The second kappa shape index (κ2) is 5.45. The van der Waals surface area contributed by atoms with Gasteiger partial charge in [-0.2, -0.15) is 0 Å². The first-order valence-electron chi connectivity index (χ1n) is 6.42. The number of H-pyrrole nitrogens is 1. The monoisotopic (exact) mass is 259 g/mol. The molecule has 0 saturated carbocycles. The molecule has 0 amide bonds. The van der Waals surface area contributed by atoms with Crippen LogP contribution in [0, 0.1) is 20.8 Å². The molecule has 19 heavy (non-hydrogen) atoms. The third kappa shape index (κ3) is 2.63. The first-order valence-corrected chi connectivity index (χ1v) is 6.42. The first kappa shape index (κ1) is 13.6. The molecule has 2 N–H and O–H groups in total. The predicted molar refractivity (Wildman–Crippen MR) is 77.6 cm³/mol. The van der Waals surface area contributed by atoms with Gasteiger partial charge in [-0.15, -0.1) is 0 Å². The number of nitrogens with zero attached hydrogens (tertiary/aromatic N) is 1. The average Bonchev–Trinajstić information content (AvgIpc) is 2.73. The van der Waals surface area contributed by atoms with E-state index in [1.54, 1.807) is 7.11 Å². The number of ether oxygens (including phenoxy) is 1. The lowest BCUT2D eigenvalue weighted by molar-refractivity contribution is 0.416. The van der Waals surface area contributed by atoms with Gasteiger partial charge in [0.2, 0.25) is 0 Å². The van der Waals surface area contributed by atoms with Crippen molar-refractivity contribution in [1.29, 1.82) is 0 Å². The van der Waals surface area contributed by atoms with Crippen molar-refractivity contribution in [1.82, 2.24) is 15.3 Å². The average molecular weight is 259 g/mol. The van der Waals surface area contributed by atoms with Gasteiger partial charge in [0.25, 0.3) is 0 Å². The van der Waals surface area contributed by atoms with E-state index in [1.807, 2.05) is 14.0 Å². The van der Waals surface area contributed by atoms with Crippen LogP contribution in [0.15, 0.2) is 12.1 Å². The molecule has 0 aliphatic carbocycles. The highest BCUT2D eigenvalue weighted by Crippen LogP contribution is 2.33. The van der Waals surface area contributed by atoms with E-state index in [2.05, 4.69) is 41.3 Å². The molecule has 2 aromatic rings. The molecule has 0 unspecified atom stereocenters. The van der Waals surface area contributed by atoms with Crippen molar-refractivity contribution in [2.45, 2.75) is 27.3 Å². The number of aromatic amines is 1. The molecule has 4 heteroatoms. The van der Waals surface area contributed by atoms with Crippen molar-refractivity contribution < 1.29 is 4.74 Å². The maximum absolute atomic E-state index is 5.50. The lowest BCUT2D eigenvalue weighted by atomic mass is 10.0. The predicted octanol–water partition coefficient (Wildman–Crippen LogP) is 2.73. The lowest BCUT2D eigenvalue weighted by Gasteiger charge is -2.11. The van der Waals surface area contributed by atoms with Gasteiger partial charge < -0.3 is 15.0 Å². The van der Waals surface area contributed by atoms with Crippen molar-refractivity contribution in [2.75, 3.05) is 14.2 Å². The van der Waals surface area contributed by atoms with E-state index < -0.39 is 0 Å². The second-order valence-electron chi connectivity index (χ2n) is 4.82. The Balaban J connectivity index is 2.60. The Morgan fingerprint density at radius 1 is 1.21 bits per heavy atom. The summed E-state index contributed by atoms with van der Waals surface area (Å²) in [5.74, 6) is 1.78. The molecule has 4 nitrogen and oxygen atoms in total. The highest BCUT2D eigenvalue weighted by atomic mass is 16.5. The van der Waals surface area contributed by atoms with Gasteiger partial charge in [0.15, 0.2) is 0 Å². The maximum Gasteiger partial charge on any atom is 0.128 e. The molecular formula is C15H21N3O. The van der Waals surface area contributed by atoms with E-state index in [1.165, 1.54) is 11.1 Å². The van der Waals surface area contributed by atoms with E-state index >= 15 is 0 Å². The smallest absolute Gasteiger partial charge is 0.128 e. The standard InChI is InChI=1S/C15H21N3O/c1-9-6-12(14(19-5)7-10(9)2)15-13(8-16-4)17-11(3)18-15/h6-7,16H,8H2,1-5H3,(H,17,18). The normalized spacial score (nSPS) is 10.8. The molecule has 102 valence electrons. The SMILES string of the molecule is CNCc1[nH]c(C)nc1-c1cc(C)c(C)cc1OC. The van der Waals surface area contributed by atoms with Crippen molar-refractivity contribution in [3.8, 4) is 17.0 Å². The first-order chi connectivity index (χ1) is 9.06. The zero-order chi connectivity index (χ0) is 14.0. The largest absolute Gasteiger partial charge is 0.496 e. The number of methoxy groups -OCH3 is 1. The molecule has 0 bridgehead atoms. The van der Waals surface area contributed by atoms with Gasteiger partial charge in [-0.25, -0.2) is 4.98 Å². The zero-order valence-corrected chi connectivity index (χ0v) is 12.2. The highest BCUT2D eigenvalue weighted by molar-refractivity contribution is 5.71. The topological polar surface area (TPSA) is 49.9 Å². The number of hydrogen-bond acceptors (Lipinski definition) is 3. The highest BCUT2D eigenvalue weighted by Gasteiger charge is 2.15. The summed E-state index contributed by atoms with van der Waals surface area (Å²) in [7, 11) is 3.63. The van der Waals surface area contributed by atoms with Crippen LogP contribution < -0.4 is 10.1 Å². The van der Waals surface area contributed by atoms with Crippen LogP contribution in [0.25, 0.3) is 11.3 Å². The molecule has 1 heterocycles. The molecule has 0 atom stereocenters. The van der Waals surface area contributed by atoms with E-state index in [-0.39, 0.29) is 0 Å². The summed E-state index contributed by atoms with van der Waals surface area (Å²) in [5, 5.41) is 3.16. The van der Waals surface area contributed by atoms with Gasteiger partial charge >= 0.3 is 0 Å². The number of aromatic nitrogens is 2. The Bertz CT molecular complexity index is 587. The van der Waals surface area contributed by atoms with E-state index in [4.69, 9.17) is 4.74 Å². The molecule has 0 aliphatic rings. The molecule has 0 aliphatic heterocycles. The number of imidazole rings is 1. The van der Waals surface area contributed by atoms with Crippen LogP contribution in [-0.4, -0.2) is 24.1 Å². The summed E-state index contributed by atoms with van der Waals surface area (Å²) in [6.45, 7) is 6.92. The van der Waals surface area contributed by atoms with E-state index in [9.17, 15) is 0 Å². The summed E-state index contributed by atoms with van der Waals surface area (Å²) in [6.07, 6.45) is 0. The third-order valence-corrected chi connectivity index (χ3v) is 3.32. The van der Waals surface area contributed by atoms with Crippen molar-refractivity contribution in [3.05, 3.63) is 34.8 Å². The van der Waals surface area contributed by atoms with Crippen molar-refractivity contribution in [3.63, 3.8) is 0 Å². The van der Waals surface area contributed by atoms with Gasteiger partial charge in [0.05, 0.1) is 18.5 Å². The zero-order valence-electron chi connectivity index (χ0n) is 12.2. The fourth-order valence-electron chi connectivity index (χ4n) is 2.21. The number of nitrogens with one attached hydrogen (secondary N) is 2. The van der Waals surface area contributed by atoms with Gasteiger partial charge in [-0.1, -0.05) is 0 Å². The van der Waals surface area contributed by atoms with Gasteiger partial charge in [-0.3, -0.25) is 0 Å². The number of rotatable bonds is 4. The Morgan fingerprint density at radius 2 is 1.89 bits per heavy atom. The van der Waals surface area contributed by atoms with Crippen molar-refractivity contribution >= 4 is 0 Å². The summed E-state index contributed by atoms with van der Waals surface area (Å²) < 4.78 is 5.50. The second-order valence-corrected chi connectivity index (χ2v) is 4.82. The van der Waals surface area contributed by atoms with Gasteiger partial charge in [0, 0.05) is 12.1 Å². The van der Waals surface area contributed by atoms with Crippen LogP contribution in [-0.2, 0) is 6.54 Å². The van der Waals surface area contributed by atoms with Crippen LogP contribution in [0.4, 0.5) is 0 Å². The molecule has 1 aromatic carbocycles. The minimum absolute atomic E-state index is 0.756. The van der Waals surface area contributed by atoms with Crippen molar-refractivity contribution in [2.24, 2.45) is 0 Å². The Hall–Kier alpha value is -1.81. The summed E-state index contributed by atoms with van der Waals surface area (Å²) in [4.78, 5) is 7.90. The van der Waals surface area contributed by atoms with Gasteiger partial charge in [0.1, 0.15) is 11.6 Å². The number of aryl methyl sites for hydroxylation is 3. The molecule has 1 aromatic heterocycles. The molecule has 0 spiro atoms. The molecule has 0 fully saturated rings. The molecule has 0 radical (unpaired) electrons. The minimum atomic E-state index is 0.756. The number of hydrogen-bond donors (Lipinski definition) is 2. The van der Waals surface area contributed by atoms with Crippen LogP contribution in [0.5, 0.6) is 5.75 Å². The van der Waals surface area contributed by atoms with Crippen LogP contribution in [0.1, 0.15) is 22.6 Å². The Labute approximate surface area is 114 Å². The molecule has 2 rings (SSSR count). The Morgan fingerprint density at radius 3 is 2.53 bits per heavy atom. The van der Waals surface area contributed by atoms with E-state index in [0.29, 0.717) is 0 Å². The number of benzene rings is 1. The summed E-state index contributed by atoms with van der Waals surface area (Å²) in [6, 6.07) is 4.21. The lowest BCUT2D eigenvalue weighted by Crippen LogP contribution is -2.07. The van der Waals surface area contributed by atoms with Gasteiger partial charge in [-0.05, 0) is 51.1 Å². The fraction of sp³-hybridized carbons (Fsp3) is 0.400. The molecular weight excluding hydrogens is 238 g/mol. The minimum Gasteiger partial charge on any atom is -0.496 e. The summed E-state index contributed by atoms with van der Waals surface area (Å²) >= 11 is 0. The molecule has 0 saturated heterocycles. The third-order valence-electron chi connectivity index (χ3n) is 3.32. The quantitative estimate of drug-likeness (QED) is 0.887. The van der Waals surface area contributed by atoms with E-state index in [0.717, 1.165) is 35.1 Å². The maximum atomic E-state index is 5.50. The van der Waals surface area contributed by atoms with Crippen LogP contribution in [0.2, 0.25) is 0 Å². The fourth-order valence-corrected chi connectivity index (χ4v) is 2.21. The van der Waals surface area contributed by atoms with Crippen LogP contribution >= 0.6 is 0 Å². The van der Waals surface area contributed by atoms with Crippen LogP contribution in [0.3, 0.4) is 0 Å². The summed E-state index contributed by atoms with van der Waals surface area (Å²) in [5.41, 5.74) is 5.56. The Kier molecular flexibility index (Phi) is 3.90.